The Morgan fingerprint density at radius 2 is 1.95 bits per heavy atom. The highest BCUT2D eigenvalue weighted by atomic mass is 16.6. The summed E-state index contributed by atoms with van der Waals surface area (Å²) in [4.78, 5) is 13.6. The minimum absolute atomic E-state index is 0.161. The Balaban J connectivity index is 2.25. The zero-order valence-corrected chi connectivity index (χ0v) is 12.6. The van der Waals surface area contributed by atoms with Crippen LogP contribution in [0, 0.1) is 24.2 Å². The molecule has 0 bridgehead atoms. The van der Waals surface area contributed by atoms with Crippen LogP contribution >= 0.6 is 0 Å². The number of ether oxygens (including phenoxy) is 2. The fraction of sp³-hybridized carbons (Fsp3) is 0.688. The highest BCUT2D eigenvalue weighted by molar-refractivity contribution is 5.68. The molecule has 0 saturated carbocycles. The second-order valence-electron chi connectivity index (χ2n) is 5.71. The molecule has 0 aromatic heterocycles. The largest absolute Gasteiger partial charge is 0.444 e. The number of carbonyl (C=O) groups excluding carboxylic acids is 1. The van der Waals surface area contributed by atoms with Gasteiger partial charge in [0, 0.05) is 13.1 Å². The number of hydrogen-bond acceptors (Lipinski definition) is 3. The van der Waals surface area contributed by atoms with E-state index < -0.39 is 5.60 Å². The molecule has 4 nitrogen and oxygen atoms in total. The molecule has 1 aliphatic heterocycles. The molecule has 1 aliphatic rings. The van der Waals surface area contributed by atoms with Gasteiger partial charge >= 0.3 is 6.09 Å². The smallest absolute Gasteiger partial charge is 0.410 e. The van der Waals surface area contributed by atoms with E-state index in [0.717, 1.165) is 12.8 Å². The molecule has 0 spiro atoms. The van der Waals surface area contributed by atoms with Crippen molar-refractivity contribution >= 4 is 6.09 Å². The molecule has 0 N–H and O–H groups in total. The lowest BCUT2D eigenvalue weighted by molar-refractivity contribution is -0.00375. The number of terminal acetylenes is 1. The minimum atomic E-state index is -0.447. The van der Waals surface area contributed by atoms with Gasteiger partial charge < -0.3 is 14.4 Å². The molecule has 1 heterocycles. The van der Waals surface area contributed by atoms with Crippen molar-refractivity contribution < 1.29 is 14.3 Å². The Kier molecular flexibility index (Phi) is 6.42. The quantitative estimate of drug-likeness (QED) is 0.728. The first kappa shape index (κ1) is 16.4. The van der Waals surface area contributed by atoms with Gasteiger partial charge in [-0.3, -0.25) is 0 Å². The third-order valence-corrected chi connectivity index (χ3v) is 2.80. The summed E-state index contributed by atoms with van der Waals surface area (Å²) in [5.74, 6) is 8.17. The van der Waals surface area contributed by atoms with E-state index in [1.54, 1.807) is 4.90 Å². The van der Waals surface area contributed by atoms with Gasteiger partial charge in [-0.05, 0) is 33.6 Å². The van der Waals surface area contributed by atoms with Gasteiger partial charge in [-0.15, -0.1) is 6.42 Å². The summed E-state index contributed by atoms with van der Waals surface area (Å²) in [5.41, 5.74) is -0.447. The van der Waals surface area contributed by atoms with Crippen molar-refractivity contribution in [3.63, 3.8) is 0 Å². The molecule has 1 amide bonds. The van der Waals surface area contributed by atoms with Crippen molar-refractivity contribution in [3.8, 4) is 24.2 Å². The van der Waals surface area contributed by atoms with Gasteiger partial charge in [0.1, 0.15) is 12.2 Å². The number of carbonyl (C=O) groups is 1. The minimum Gasteiger partial charge on any atom is -0.444 e. The molecule has 0 atom stereocenters. The van der Waals surface area contributed by atoms with Crippen LogP contribution in [0.5, 0.6) is 0 Å². The van der Waals surface area contributed by atoms with E-state index in [1.165, 1.54) is 0 Å². The van der Waals surface area contributed by atoms with Gasteiger partial charge in [0.25, 0.3) is 0 Å². The summed E-state index contributed by atoms with van der Waals surface area (Å²) in [7, 11) is 0. The highest BCUT2D eigenvalue weighted by Gasteiger charge is 2.26. The first-order valence-corrected chi connectivity index (χ1v) is 6.91. The molecule has 1 saturated heterocycles. The lowest BCUT2D eigenvalue weighted by Crippen LogP contribution is -2.43. The average molecular weight is 277 g/mol. The third-order valence-electron chi connectivity index (χ3n) is 2.80. The standard InChI is InChI=1S/C16H23NO3/c1-5-6-7-8-13-19-14-9-11-17(12-10-14)15(18)20-16(2,3)4/h1,14H,6,9-13H2,2-4H3. The Bertz CT molecular complexity index is 412. The first-order valence-electron chi connectivity index (χ1n) is 6.91. The number of nitrogens with zero attached hydrogens (tertiary/aromatic N) is 1. The lowest BCUT2D eigenvalue weighted by atomic mass is 10.1. The van der Waals surface area contributed by atoms with Crippen LogP contribution in [-0.4, -0.2) is 42.4 Å². The number of amides is 1. The van der Waals surface area contributed by atoms with Crippen LogP contribution in [0.4, 0.5) is 4.79 Å². The van der Waals surface area contributed by atoms with E-state index in [0.29, 0.717) is 26.1 Å². The molecule has 0 radical (unpaired) electrons. The molecule has 0 unspecified atom stereocenters. The van der Waals surface area contributed by atoms with E-state index >= 15 is 0 Å². The maximum atomic E-state index is 11.9. The van der Waals surface area contributed by atoms with Gasteiger partial charge in [0.15, 0.2) is 0 Å². The zero-order chi connectivity index (χ0) is 15.0. The fourth-order valence-corrected chi connectivity index (χ4v) is 1.86. The number of rotatable bonds is 2. The monoisotopic (exact) mass is 277 g/mol. The van der Waals surface area contributed by atoms with E-state index in [9.17, 15) is 4.79 Å². The van der Waals surface area contributed by atoms with Crippen LogP contribution in [0.15, 0.2) is 0 Å². The molecule has 1 rings (SSSR count). The summed E-state index contributed by atoms with van der Waals surface area (Å²) >= 11 is 0. The Morgan fingerprint density at radius 1 is 1.30 bits per heavy atom. The molecule has 110 valence electrons. The molecular formula is C16H23NO3. The van der Waals surface area contributed by atoms with Crippen LogP contribution in [0.25, 0.3) is 0 Å². The Hall–Kier alpha value is -1.65. The highest BCUT2D eigenvalue weighted by Crippen LogP contribution is 2.17. The second-order valence-corrected chi connectivity index (χ2v) is 5.71. The average Bonchev–Trinajstić information content (AvgIpc) is 2.37. The van der Waals surface area contributed by atoms with Crippen molar-refractivity contribution in [2.24, 2.45) is 0 Å². The predicted octanol–water partition coefficient (Wildman–Crippen LogP) is 2.43. The Labute approximate surface area is 121 Å². The SMILES string of the molecule is C#CCC#CCOC1CCN(C(=O)OC(C)(C)C)CC1. The maximum absolute atomic E-state index is 11.9. The second kappa shape index (κ2) is 7.82. The Morgan fingerprint density at radius 3 is 2.50 bits per heavy atom. The van der Waals surface area contributed by atoms with E-state index in [2.05, 4.69) is 17.8 Å². The van der Waals surface area contributed by atoms with Gasteiger partial charge in [-0.1, -0.05) is 17.8 Å². The summed E-state index contributed by atoms with van der Waals surface area (Å²) in [5, 5.41) is 0. The third kappa shape index (κ3) is 6.50. The van der Waals surface area contributed by atoms with Crippen molar-refractivity contribution in [2.75, 3.05) is 19.7 Å². The van der Waals surface area contributed by atoms with Gasteiger partial charge in [-0.2, -0.15) is 0 Å². The van der Waals surface area contributed by atoms with Crippen LogP contribution in [0.3, 0.4) is 0 Å². The molecule has 20 heavy (non-hydrogen) atoms. The molecule has 0 aromatic rings. The summed E-state index contributed by atoms with van der Waals surface area (Å²) in [6.07, 6.45) is 7.10. The van der Waals surface area contributed by atoms with Gasteiger partial charge in [-0.25, -0.2) is 4.79 Å². The van der Waals surface area contributed by atoms with Crippen LogP contribution < -0.4 is 0 Å². The normalized spacial score (nSPS) is 16.0. The fourth-order valence-electron chi connectivity index (χ4n) is 1.86. The molecular weight excluding hydrogens is 254 g/mol. The van der Waals surface area contributed by atoms with Gasteiger partial charge in [0.05, 0.1) is 12.5 Å². The number of hydrogen-bond donors (Lipinski definition) is 0. The summed E-state index contributed by atoms with van der Waals surface area (Å²) in [6.45, 7) is 7.34. The van der Waals surface area contributed by atoms with E-state index in [-0.39, 0.29) is 12.2 Å². The summed E-state index contributed by atoms with van der Waals surface area (Å²) in [6, 6.07) is 0. The zero-order valence-electron chi connectivity index (χ0n) is 12.6. The molecule has 0 aliphatic carbocycles. The van der Waals surface area contributed by atoms with Gasteiger partial charge in [0.2, 0.25) is 0 Å². The molecule has 0 aromatic carbocycles. The van der Waals surface area contributed by atoms with Crippen molar-refractivity contribution in [1.29, 1.82) is 0 Å². The number of likely N-dealkylation sites (tertiary alicyclic amines) is 1. The first-order chi connectivity index (χ1) is 9.42. The molecule has 4 heteroatoms. The molecule has 1 fully saturated rings. The van der Waals surface area contributed by atoms with E-state index in [1.807, 2.05) is 20.8 Å². The van der Waals surface area contributed by atoms with Crippen LogP contribution in [0.2, 0.25) is 0 Å². The van der Waals surface area contributed by atoms with E-state index in [4.69, 9.17) is 15.9 Å². The number of piperidine rings is 1. The van der Waals surface area contributed by atoms with Crippen LogP contribution in [0.1, 0.15) is 40.0 Å². The van der Waals surface area contributed by atoms with Crippen LogP contribution in [-0.2, 0) is 9.47 Å². The summed E-state index contributed by atoms with van der Waals surface area (Å²) < 4.78 is 11.0. The lowest BCUT2D eigenvalue weighted by Gasteiger charge is -2.33. The maximum Gasteiger partial charge on any atom is 0.410 e. The van der Waals surface area contributed by atoms with Crippen molar-refractivity contribution in [2.45, 2.75) is 51.7 Å². The van der Waals surface area contributed by atoms with Crippen molar-refractivity contribution in [1.82, 2.24) is 4.90 Å². The predicted molar refractivity (Wildman–Crippen MR) is 78.0 cm³/mol. The van der Waals surface area contributed by atoms with Crippen molar-refractivity contribution in [3.05, 3.63) is 0 Å². The topological polar surface area (TPSA) is 38.8 Å².